The minimum absolute atomic E-state index is 0.217. The topological polar surface area (TPSA) is 75.0 Å². The molecule has 2 aromatic rings. The molecular formula is C12H13BrN4O. The van der Waals surface area contributed by atoms with Crippen LogP contribution in [0.2, 0.25) is 0 Å². The molecule has 5 nitrogen and oxygen atoms in total. The summed E-state index contributed by atoms with van der Waals surface area (Å²) in [5.74, 6) is 0.655. The molecule has 0 spiro atoms. The highest BCUT2D eigenvalue weighted by molar-refractivity contribution is 9.10. The van der Waals surface area contributed by atoms with E-state index in [4.69, 9.17) is 5.73 Å². The maximum Gasteiger partial charge on any atom is 0.262 e. The van der Waals surface area contributed by atoms with Gasteiger partial charge in [-0.2, -0.15) is 4.98 Å². The van der Waals surface area contributed by atoms with Gasteiger partial charge < -0.3 is 10.6 Å². The van der Waals surface area contributed by atoms with Crippen LogP contribution in [-0.4, -0.2) is 24.1 Å². The maximum atomic E-state index is 12.1. The Hall–Kier alpha value is -1.82. The zero-order chi connectivity index (χ0) is 13.3. The Labute approximate surface area is 113 Å². The van der Waals surface area contributed by atoms with Gasteiger partial charge in [0.25, 0.3) is 5.56 Å². The van der Waals surface area contributed by atoms with Crippen molar-refractivity contribution in [3.8, 4) is 11.1 Å². The molecule has 0 atom stereocenters. The van der Waals surface area contributed by atoms with E-state index >= 15 is 0 Å². The summed E-state index contributed by atoms with van der Waals surface area (Å²) in [6.07, 6.45) is 0. The third kappa shape index (κ3) is 2.24. The van der Waals surface area contributed by atoms with E-state index in [-0.39, 0.29) is 11.4 Å². The highest BCUT2D eigenvalue weighted by atomic mass is 79.9. The zero-order valence-corrected chi connectivity index (χ0v) is 11.7. The minimum Gasteiger partial charge on any atom is -0.383 e. The average Bonchev–Trinajstić information content (AvgIpc) is 2.30. The standard InChI is InChI=1S/C12H13BrN4O/c1-17(2)12-15-10(14)9(11(18)16-12)7-5-3-4-6-8(7)13/h3-6H,1-2H3,(H3,14,15,16,18). The fourth-order valence-electron chi connectivity index (χ4n) is 1.61. The van der Waals surface area contributed by atoms with Crippen LogP contribution >= 0.6 is 15.9 Å². The number of aromatic nitrogens is 2. The number of hydrogen-bond acceptors (Lipinski definition) is 4. The van der Waals surface area contributed by atoms with E-state index in [1.807, 2.05) is 24.3 Å². The van der Waals surface area contributed by atoms with E-state index in [9.17, 15) is 4.79 Å². The molecule has 3 N–H and O–H groups in total. The lowest BCUT2D eigenvalue weighted by Crippen LogP contribution is -2.21. The van der Waals surface area contributed by atoms with Gasteiger partial charge in [0.15, 0.2) is 0 Å². The quantitative estimate of drug-likeness (QED) is 0.888. The molecule has 0 amide bonds. The average molecular weight is 309 g/mol. The molecule has 1 heterocycles. The van der Waals surface area contributed by atoms with Gasteiger partial charge in [-0.25, -0.2) is 0 Å². The summed E-state index contributed by atoms with van der Waals surface area (Å²) in [6, 6.07) is 7.40. The second kappa shape index (κ2) is 4.81. The van der Waals surface area contributed by atoms with Crippen molar-refractivity contribution in [1.82, 2.24) is 9.97 Å². The summed E-state index contributed by atoms with van der Waals surface area (Å²) < 4.78 is 0.807. The number of halogens is 1. The van der Waals surface area contributed by atoms with Crippen LogP contribution < -0.4 is 16.2 Å². The number of nitrogens with zero attached hydrogens (tertiary/aromatic N) is 2. The number of nitrogen functional groups attached to an aromatic ring is 1. The first-order valence-corrected chi connectivity index (χ1v) is 6.12. The summed E-state index contributed by atoms with van der Waals surface area (Å²) in [5.41, 5.74) is 6.74. The van der Waals surface area contributed by atoms with Gasteiger partial charge in [-0.3, -0.25) is 9.78 Å². The Morgan fingerprint density at radius 3 is 2.56 bits per heavy atom. The van der Waals surface area contributed by atoms with E-state index in [1.165, 1.54) is 0 Å². The van der Waals surface area contributed by atoms with Crippen LogP contribution in [0.3, 0.4) is 0 Å². The Bertz CT molecular complexity index is 636. The first-order valence-electron chi connectivity index (χ1n) is 5.32. The zero-order valence-electron chi connectivity index (χ0n) is 10.1. The van der Waals surface area contributed by atoms with Crippen LogP contribution in [0.25, 0.3) is 11.1 Å². The number of anilines is 2. The van der Waals surface area contributed by atoms with Crippen LogP contribution in [0.15, 0.2) is 33.5 Å². The lowest BCUT2D eigenvalue weighted by atomic mass is 10.1. The van der Waals surface area contributed by atoms with Gasteiger partial charge in [0, 0.05) is 24.1 Å². The fraction of sp³-hybridized carbons (Fsp3) is 0.167. The molecule has 0 aliphatic rings. The summed E-state index contributed by atoms with van der Waals surface area (Å²) in [5, 5.41) is 0. The molecule has 0 saturated carbocycles. The number of hydrogen-bond donors (Lipinski definition) is 2. The molecule has 1 aromatic heterocycles. The Balaban J connectivity index is 2.67. The highest BCUT2D eigenvalue weighted by Crippen LogP contribution is 2.28. The van der Waals surface area contributed by atoms with E-state index in [1.54, 1.807) is 19.0 Å². The molecule has 0 aliphatic heterocycles. The maximum absolute atomic E-state index is 12.1. The van der Waals surface area contributed by atoms with Crippen molar-refractivity contribution < 1.29 is 0 Å². The first kappa shape index (κ1) is 12.6. The van der Waals surface area contributed by atoms with Crippen molar-refractivity contribution in [2.45, 2.75) is 0 Å². The molecule has 0 aliphatic carbocycles. The summed E-state index contributed by atoms with van der Waals surface area (Å²) >= 11 is 3.40. The lowest BCUT2D eigenvalue weighted by Gasteiger charge is -2.13. The van der Waals surface area contributed by atoms with Crippen molar-refractivity contribution in [3.63, 3.8) is 0 Å². The third-order valence-corrected chi connectivity index (χ3v) is 3.19. The second-order valence-corrected chi connectivity index (χ2v) is 4.88. The minimum atomic E-state index is -0.252. The van der Waals surface area contributed by atoms with E-state index in [2.05, 4.69) is 25.9 Å². The van der Waals surface area contributed by atoms with E-state index in [0.717, 1.165) is 10.0 Å². The predicted octanol–water partition coefficient (Wildman–Crippen LogP) is 1.85. The van der Waals surface area contributed by atoms with Gasteiger partial charge in [0.05, 0.1) is 5.56 Å². The van der Waals surface area contributed by atoms with Gasteiger partial charge in [-0.1, -0.05) is 34.1 Å². The normalized spacial score (nSPS) is 10.4. The van der Waals surface area contributed by atoms with Crippen LogP contribution in [0.5, 0.6) is 0 Å². The first-order chi connectivity index (χ1) is 8.50. The number of nitrogens with one attached hydrogen (secondary N) is 1. The second-order valence-electron chi connectivity index (χ2n) is 4.02. The largest absolute Gasteiger partial charge is 0.383 e. The van der Waals surface area contributed by atoms with Crippen molar-refractivity contribution in [2.75, 3.05) is 24.7 Å². The molecule has 0 unspecified atom stereocenters. The Morgan fingerprint density at radius 2 is 2.00 bits per heavy atom. The number of nitrogens with two attached hydrogens (primary N) is 1. The van der Waals surface area contributed by atoms with Crippen LogP contribution in [0.1, 0.15) is 0 Å². The molecule has 0 saturated heterocycles. The molecule has 6 heteroatoms. The lowest BCUT2D eigenvalue weighted by molar-refractivity contribution is 0.987. The third-order valence-electron chi connectivity index (χ3n) is 2.50. The fourth-order valence-corrected chi connectivity index (χ4v) is 2.10. The van der Waals surface area contributed by atoms with Crippen LogP contribution in [0, 0.1) is 0 Å². The Morgan fingerprint density at radius 1 is 1.33 bits per heavy atom. The monoisotopic (exact) mass is 308 g/mol. The van der Waals surface area contributed by atoms with Crippen LogP contribution in [0.4, 0.5) is 11.8 Å². The van der Waals surface area contributed by atoms with Gasteiger partial charge in [-0.05, 0) is 6.07 Å². The molecule has 94 valence electrons. The SMILES string of the molecule is CN(C)c1nc(N)c(-c2ccccc2Br)c(=O)[nH]1. The summed E-state index contributed by atoms with van der Waals surface area (Å²) in [6.45, 7) is 0. The number of rotatable bonds is 2. The number of aromatic amines is 1. The van der Waals surface area contributed by atoms with Crippen molar-refractivity contribution in [1.29, 1.82) is 0 Å². The summed E-state index contributed by atoms with van der Waals surface area (Å²) in [4.78, 5) is 20.7. The molecule has 0 radical (unpaired) electrons. The van der Waals surface area contributed by atoms with Gasteiger partial charge >= 0.3 is 0 Å². The molecule has 0 fully saturated rings. The van der Waals surface area contributed by atoms with Gasteiger partial charge in [0.1, 0.15) is 5.82 Å². The predicted molar refractivity (Wildman–Crippen MR) is 76.7 cm³/mol. The molecule has 1 aromatic carbocycles. The van der Waals surface area contributed by atoms with Crippen molar-refractivity contribution >= 4 is 27.7 Å². The highest BCUT2D eigenvalue weighted by Gasteiger charge is 2.14. The molecule has 2 rings (SSSR count). The van der Waals surface area contributed by atoms with Crippen molar-refractivity contribution in [3.05, 3.63) is 39.1 Å². The van der Waals surface area contributed by atoms with Gasteiger partial charge in [0.2, 0.25) is 5.95 Å². The molecule has 18 heavy (non-hydrogen) atoms. The van der Waals surface area contributed by atoms with Crippen LogP contribution in [-0.2, 0) is 0 Å². The Kier molecular flexibility index (Phi) is 3.38. The summed E-state index contributed by atoms with van der Waals surface area (Å²) in [7, 11) is 3.58. The van der Waals surface area contributed by atoms with Crippen molar-refractivity contribution in [2.24, 2.45) is 0 Å². The number of benzene rings is 1. The van der Waals surface area contributed by atoms with E-state index < -0.39 is 0 Å². The van der Waals surface area contributed by atoms with E-state index in [0.29, 0.717) is 11.5 Å². The molecule has 0 bridgehead atoms. The smallest absolute Gasteiger partial charge is 0.262 e. The molecular weight excluding hydrogens is 296 g/mol. The number of H-pyrrole nitrogens is 1. The van der Waals surface area contributed by atoms with Gasteiger partial charge in [-0.15, -0.1) is 0 Å².